The van der Waals surface area contributed by atoms with Gasteiger partial charge in [-0.1, -0.05) is 12.2 Å². The number of nitrogens with zero attached hydrogens (tertiary/aromatic N) is 1. The van der Waals surface area contributed by atoms with Gasteiger partial charge in [-0.2, -0.15) is 0 Å². The minimum absolute atomic E-state index is 0.173. The molecule has 3 atom stereocenters. The fraction of sp³-hybridized carbons (Fsp3) is 0.733. The normalized spacial score (nSPS) is 38.6. The molecule has 0 aromatic carbocycles. The Bertz CT molecular complexity index is 448. The molecule has 5 nitrogen and oxygen atoms in total. The lowest BCUT2D eigenvalue weighted by Crippen LogP contribution is -2.57. The maximum Gasteiger partial charge on any atom is 0.322 e. The number of nitrogens with one attached hydrogen (secondary N) is 2. The molecule has 2 aliphatic heterocycles. The van der Waals surface area contributed by atoms with Crippen LogP contribution in [0.3, 0.4) is 0 Å². The molecule has 110 valence electrons. The Hall–Kier alpha value is -1.36. The first-order chi connectivity index (χ1) is 9.59. The van der Waals surface area contributed by atoms with Crippen molar-refractivity contribution >= 4 is 11.9 Å². The average Bonchev–Trinajstić information content (AvgIpc) is 2.74. The Balaban J connectivity index is 1.71. The highest BCUT2D eigenvalue weighted by Crippen LogP contribution is 2.31. The summed E-state index contributed by atoms with van der Waals surface area (Å²) < 4.78 is 0. The number of rotatable bonds is 2. The molecule has 2 N–H and O–H groups in total. The monoisotopic (exact) mass is 277 g/mol. The summed E-state index contributed by atoms with van der Waals surface area (Å²) in [6.07, 6.45) is 10.3. The second-order valence-corrected chi connectivity index (χ2v) is 6.37. The number of hydrogen-bond donors (Lipinski definition) is 2. The maximum absolute atomic E-state index is 12.1. The summed E-state index contributed by atoms with van der Waals surface area (Å²) in [5.74, 6) is 0.0200. The van der Waals surface area contributed by atoms with E-state index in [2.05, 4.69) is 27.7 Å². The molecule has 3 unspecified atom stereocenters. The fourth-order valence-electron chi connectivity index (χ4n) is 3.72. The quantitative estimate of drug-likeness (QED) is 0.592. The number of carbonyl (C=O) groups is 2. The van der Waals surface area contributed by atoms with Gasteiger partial charge in [-0.3, -0.25) is 15.0 Å². The third-order valence-corrected chi connectivity index (χ3v) is 5.04. The zero-order valence-corrected chi connectivity index (χ0v) is 12.0. The van der Waals surface area contributed by atoms with Crippen LogP contribution in [0.25, 0.3) is 0 Å². The van der Waals surface area contributed by atoms with Gasteiger partial charge in [0.25, 0.3) is 5.91 Å². The van der Waals surface area contributed by atoms with Gasteiger partial charge in [-0.05, 0) is 45.6 Å². The Morgan fingerprint density at radius 3 is 2.80 bits per heavy atom. The van der Waals surface area contributed by atoms with E-state index in [1.165, 1.54) is 19.3 Å². The molecule has 2 fully saturated rings. The van der Waals surface area contributed by atoms with E-state index < -0.39 is 5.54 Å². The first-order valence-electron chi connectivity index (χ1n) is 7.64. The predicted molar refractivity (Wildman–Crippen MR) is 76.2 cm³/mol. The zero-order valence-electron chi connectivity index (χ0n) is 12.0. The second-order valence-electron chi connectivity index (χ2n) is 6.37. The van der Waals surface area contributed by atoms with E-state index in [9.17, 15) is 9.59 Å². The van der Waals surface area contributed by atoms with Crippen LogP contribution in [0, 0.1) is 5.92 Å². The van der Waals surface area contributed by atoms with Crippen LogP contribution >= 0.6 is 0 Å². The molecular weight excluding hydrogens is 254 g/mol. The summed E-state index contributed by atoms with van der Waals surface area (Å²) in [5, 5.41) is 5.21. The van der Waals surface area contributed by atoms with Gasteiger partial charge in [0.1, 0.15) is 5.54 Å². The van der Waals surface area contributed by atoms with Crippen molar-refractivity contribution in [3.63, 3.8) is 0 Å². The molecule has 20 heavy (non-hydrogen) atoms. The molecule has 0 radical (unpaired) electrons. The van der Waals surface area contributed by atoms with Crippen LogP contribution in [0.1, 0.15) is 39.0 Å². The van der Waals surface area contributed by atoms with Crippen molar-refractivity contribution in [2.24, 2.45) is 5.92 Å². The van der Waals surface area contributed by atoms with Crippen LogP contribution in [0.5, 0.6) is 0 Å². The van der Waals surface area contributed by atoms with E-state index in [0.717, 1.165) is 25.9 Å². The van der Waals surface area contributed by atoms with Gasteiger partial charge in [0.2, 0.25) is 0 Å². The molecule has 3 amide bonds. The molecule has 3 aliphatic rings. The molecule has 0 saturated carbocycles. The van der Waals surface area contributed by atoms with Crippen LogP contribution in [0.4, 0.5) is 4.79 Å². The van der Waals surface area contributed by atoms with E-state index in [1.54, 1.807) is 0 Å². The SMILES string of the molecule is CC1(C2CCCN(C3C=CCCC3)C2)NC(=O)NC1=O. The topological polar surface area (TPSA) is 61.4 Å². The van der Waals surface area contributed by atoms with Crippen molar-refractivity contribution in [1.82, 2.24) is 15.5 Å². The van der Waals surface area contributed by atoms with Crippen LogP contribution in [0.15, 0.2) is 12.2 Å². The summed E-state index contributed by atoms with van der Waals surface area (Å²) >= 11 is 0. The molecule has 2 heterocycles. The van der Waals surface area contributed by atoms with Crippen LogP contribution in [-0.2, 0) is 4.79 Å². The van der Waals surface area contributed by atoms with Crippen LogP contribution in [-0.4, -0.2) is 41.5 Å². The number of urea groups is 1. The summed E-state index contributed by atoms with van der Waals surface area (Å²) in [5.41, 5.74) is -0.742. The van der Waals surface area contributed by atoms with Gasteiger partial charge in [-0.25, -0.2) is 4.79 Å². The lowest BCUT2D eigenvalue weighted by Gasteiger charge is -2.42. The number of imide groups is 1. The van der Waals surface area contributed by atoms with Gasteiger partial charge in [0, 0.05) is 18.5 Å². The van der Waals surface area contributed by atoms with Crippen molar-refractivity contribution in [3.05, 3.63) is 12.2 Å². The number of piperidine rings is 1. The van der Waals surface area contributed by atoms with Gasteiger partial charge in [-0.15, -0.1) is 0 Å². The molecular formula is C15H23N3O2. The van der Waals surface area contributed by atoms with Gasteiger partial charge in [0.05, 0.1) is 0 Å². The Morgan fingerprint density at radius 1 is 1.30 bits per heavy atom. The predicted octanol–water partition coefficient (Wildman–Crippen LogP) is 1.41. The fourth-order valence-corrected chi connectivity index (χ4v) is 3.72. The summed E-state index contributed by atoms with van der Waals surface area (Å²) in [4.78, 5) is 26.0. The van der Waals surface area contributed by atoms with Crippen molar-refractivity contribution in [3.8, 4) is 0 Å². The molecule has 3 rings (SSSR count). The number of allylic oxidation sites excluding steroid dienone is 1. The van der Waals surface area contributed by atoms with E-state index in [-0.39, 0.29) is 17.9 Å². The number of carbonyl (C=O) groups excluding carboxylic acids is 2. The number of hydrogen-bond acceptors (Lipinski definition) is 3. The maximum atomic E-state index is 12.1. The lowest BCUT2D eigenvalue weighted by atomic mass is 9.79. The van der Waals surface area contributed by atoms with Crippen LogP contribution in [0.2, 0.25) is 0 Å². The molecule has 2 saturated heterocycles. The summed E-state index contributed by atoms with van der Waals surface area (Å²) in [6.45, 7) is 3.84. The van der Waals surface area contributed by atoms with Gasteiger partial charge in [0.15, 0.2) is 0 Å². The molecule has 0 aromatic rings. The number of likely N-dealkylation sites (tertiary alicyclic amines) is 1. The minimum Gasteiger partial charge on any atom is -0.323 e. The molecule has 0 spiro atoms. The van der Waals surface area contributed by atoms with E-state index in [1.807, 2.05) is 6.92 Å². The van der Waals surface area contributed by atoms with E-state index in [4.69, 9.17) is 0 Å². The Kier molecular flexibility index (Phi) is 3.54. The van der Waals surface area contributed by atoms with E-state index in [0.29, 0.717) is 6.04 Å². The number of amides is 3. The molecule has 1 aliphatic carbocycles. The van der Waals surface area contributed by atoms with Crippen LogP contribution < -0.4 is 10.6 Å². The molecule has 0 bridgehead atoms. The van der Waals surface area contributed by atoms with Crippen molar-refractivity contribution in [2.75, 3.05) is 13.1 Å². The Morgan fingerprint density at radius 2 is 2.15 bits per heavy atom. The standard InChI is InChI=1S/C15H23N3O2/c1-15(13(19)16-14(20)17-15)11-6-5-9-18(10-11)12-7-3-2-4-8-12/h3,7,11-12H,2,4-6,8-10H2,1H3,(H2,16,17,19,20). The highest BCUT2D eigenvalue weighted by atomic mass is 16.2. The minimum atomic E-state index is -0.742. The third kappa shape index (κ3) is 2.35. The highest BCUT2D eigenvalue weighted by Gasteiger charge is 2.49. The second kappa shape index (κ2) is 5.20. The summed E-state index contributed by atoms with van der Waals surface area (Å²) in [6, 6.07) is 0.155. The lowest BCUT2D eigenvalue weighted by molar-refractivity contribution is -0.126. The van der Waals surface area contributed by atoms with Gasteiger partial charge < -0.3 is 5.32 Å². The van der Waals surface area contributed by atoms with Crippen molar-refractivity contribution in [2.45, 2.75) is 50.6 Å². The first-order valence-corrected chi connectivity index (χ1v) is 7.64. The summed E-state index contributed by atoms with van der Waals surface area (Å²) in [7, 11) is 0. The van der Waals surface area contributed by atoms with Crippen molar-refractivity contribution < 1.29 is 9.59 Å². The average molecular weight is 277 g/mol. The molecule has 5 heteroatoms. The van der Waals surface area contributed by atoms with Gasteiger partial charge >= 0.3 is 6.03 Å². The first kappa shape index (κ1) is 13.6. The van der Waals surface area contributed by atoms with Crippen molar-refractivity contribution in [1.29, 1.82) is 0 Å². The van der Waals surface area contributed by atoms with E-state index >= 15 is 0 Å². The smallest absolute Gasteiger partial charge is 0.322 e. The highest BCUT2D eigenvalue weighted by molar-refractivity contribution is 6.06. The zero-order chi connectivity index (χ0) is 14.2. The largest absolute Gasteiger partial charge is 0.323 e. The Labute approximate surface area is 119 Å². The molecule has 0 aromatic heterocycles. The third-order valence-electron chi connectivity index (χ3n) is 5.04.